The van der Waals surface area contributed by atoms with Crippen molar-refractivity contribution in [2.24, 2.45) is 0 Å². The van der Waals surface area contributed by atoms with Gasteiger partial charge in [0.15, 0.2) is 0 Å². The molecule has 0 saturated heterocycles. The Hall–Kier alpha value is -4.83. The van der Waals surface area contributed by atoms with E-state index in [4.69, 9.17) is 0 Å². The van der Waals surface area contributed by atoms with Crippen molar-refractivity contribution in [2.45, 2.75) is 40.7 Å². The van der Waals surface area contributed by atoms with Crippen LogP contribution in [0.3, 0.4) is 0 Å². The van der Waals surface area contributed by atoms with Gasteiger partial charge < -0.3 is 18.5 Å². The quantitative estimate of drug-likeness (QED) is 0.130. The van der Waals surface area contributed by atoms with E-state index in [2.05, 4.69) is 169 Å². The second kappa shape index (κ2) is 12.1. The largest absolute Gasteiger partial charge is 3.00 e. The summed E-state index contributed by atoms with van der Waals surface area (Å²) in [7, 11) is 0. The van der Waals surface area contributed by atoms with Gasteiger partial charge in [0, 0.05) is 28.0 Å². The molecule has 0 bridgehead atoms. The number of rotatable bonds is 3. The minimum absolute atomic E-state index is 0. The molecule has 4 aromatic heterocycles. The fourth-order valence-electron chi connectivity index (χ4n) is 6.57. The van der Waals surface area contributed by atoms with Crippen LogP contribution in [0, 0.1) is 39.2 Å². The molecule has 5 heteroatoms. The minimum Gasteiger partial charge on any atom is -0.363 e. The number of para-hydroxylation sites is 4. The van der Waals surface area contributed by atoms with E-state index in [-0.39, 0.29) is 20.1 Å². The van der Waals surface area contributed by atoms with E-state index >= 15 is 0 Å². The van der Waals surface area contributed by atoms with Gasteiger partial charge in [0.1, 0.15) is 0 Å². The first-order valence-electron chi connectivity index (χ1n) is 15.8. The summed E-state index contributed by atoms with van der Waals surface area (Å²) in [4.78, 5) is 4.41. The molecule has 0 amide bonds. The first kappa shape index (κ1) is 30.8. The van der Waals surface area contributed by atoms with E-state index in [0.717, 1.165) is 22.5 Å². The third kappa shape index (κ3) is 5.11. The van der Waals surface area contributed by atoms with Crippen LogP contribution in [0.25, 0.3) is 66.1 Å². The predicted molar refractivity (Wildman–Crippen MR) is 189 cm³/mol. The van der Waals surface area contributed by atoms with Gasteiger partial charge in [-0.25, -0.2) is 0 Å². The Morgan fingerprint density at radius 2 is 1.40 bits per heavy atom. The summed E-state index contributed by atoms with van der Waals surface area (Å²) >= 11 is 0. The summed E-state index contributed by atoms with van der Waals surface area (Å²) in [6.07, 6.45) is 5.48. The molecule has 0 radical (unpaired) electrons. The maximum Gasteiger partial charge on any atom is 3.00 e. The van der Waals surface area contributed by atoms with Crippen molar-refractivity contribution in [2.75, 3.05) is 0 Å². The van der Waals surface area contributed by atoms with Crippen molar-refractivity contribution in [3.05, 3.63) is 144 Å². The summed E-state index contributed by atoms with van der Waals surface area (Å²) in [5, 5.41) is 5.15. The summed E-state index contributed by atoms with van der Waals surface area (Å²) in [5.41, 5.74) is 12.9. The fraction of sp³-hybridized carbons (Fsp3) is 0.143. The molecule has 0 aliphatic carbocycles. The van der Waals surface area contributed by atoms with Gasteiger partial charge in [-0.2, -0.15) is 18.2 Å². The van der Waals surface area contributed by atoms with Crippen LogP contribution in [0.1, 0.15) is 36.6 Å². The van der Waals surface area contributed by atoms with Crippen molar-refractivity contribution in [3.8, 4) is 16.9 Å². The first-order valence-corrected chi connectivity index (χ1v) is 15.8. The smallest absolute Gasteiger partial charge is 0.363 e. The third-order valence-corrected chi connectivity index (χ3v) is 9.10. The molecule has 0 atom stereocenters. The van der Waals surface area contributed by atoms with Crippen molar-refractivity contribution in [1.82, 2.24) is 14.0 Å². The molecule has 0 aliphatic rings. The zero-order chi connectivity index (χ0) is 31.5. The molecule has 4 nitrogen and oxygen atoms in total. The maximum atomic E-state index is 4.41. The summed E-state index contributed by atoms with van der Waals surface area (Å²) in [6, 6.07) is 43.6. The number of hydrogen-bond donors (Lipinski definition) is 0. The van der Waals surface area contributed by atoms with Gasteiger partial charge in [0.05, 0.1) is 17.1 Å². The number of pyridine rings is 1. The average Bonchev–Trinajstić information content (AvgIpc) is 3.74. The number of aromatic nitrogens is 4. The number of benzene rings is 5. The Bertz CT molecular complexity index is 2540. The van der Waals surface area contributed by atoms with Crippen LogP contribution >= 0.6 is 0 Å². The molecule has 0 aliphatic heterocycles. The molecule has 9 rings (SSSR count). The van der Waals surface area contributed by atoms with E-state index < -0.39 is 0 Å². The zero-order valence-corrected chi connectivity index (χ0v) is 29.5. The van der Waals surface area contributed by atoms with E-state index in [0.29, 0.717) is 6.04 Å². The fourth-order valence-corrected chi connectivity index (χ4v) is 6.57. The van der Waals surface area contributed by atoms with Crippen LogP contribution in [0.4, 0.5) is 0 Å². The Morgan fingerprint density at radius 3 is 2.15 bits per heavy atom. The van der Waals surface area contributed by atoms with Gasteiger partial charge in [-0.15, -0.1) is 40.8 Å². The Morgan fingerprint density at radius 1 is 0.681 bits per heavy atom. The van der Waals surface area contributed by atoms with Crippen LogP contribution in [-0.4, -0.2) is 14.0 Å². The second-order valence-electron chi connectivity index (χ2n) is 12.5. The molecular weight excluding hydrogens is 753 g/mol. The molecule has 0 N–H and O–H groups in total. The second-order valence-corrected chi connectivity index (χ2v) is 12.5. The Kier molecular flexibility index (Phi) is 7.91. The van der Waals surface area contributed by atoms with E-state index in [1.165, 1.54) is 60.3 Å². The molecule has 0 saturated carbocycles. The number of imidazole rings is 1. The molecule has 5 aromatic carbocycles. The van der Waals surface area contributed by atoms with E-state index in [9.17, 15) is 0 Å². The van der Waals surface area contributed by atoms with Crippen molar-refractivity contribution in [3.63, 3.8) is 0 Å². The molecular formula is C42H34IrN4+. The molecule has 0 fully saturated rings. The number of nitrogens with zero attached hydrogens (tertiary/aromatic N) is 4. The van der Waals surface area contributed by atoms with Gasteiger partial charge in [-0.3, -0.25) is 0 Å². The first-order chi connectivity index (χ1) is 22.4. The Labute approximate surface area is 288 Å². The van der Waals surface area contributed by atoms with Gasteiger partial charge >= 0.3 is 20.1 Å². The van der Waals surface area contributed by atoms with Crippen LogP contribution in [0.15, 0.2) is 109 Å². The van der Waals surface area contributed by atoms with E-state index in [1.54, 1.807) is 0 Å². The zero-order valence-electron chi connectivity index (χ0n) is 27.1. The van der Waals surface area contributed by atoms with Gasteiger partial charge in [0.25, 0.3) is 0 Å². The molecule has 47 heavy (non-hydrogen) atoms. The van der Waals surface area contributed by atoms with Gasteiger partial charge in [0.2, 0.25) is 6.33 Å². The number of aryl methyl sites for hydroxylation is 3. The molecule has 0 unspecified atom stereocenters. The summed E-state index contributed by atoms with van der Waals surface area (Å²) in [5.74, 6) is 0. The molecule has 4 heterocycles. The van der Waals surface area contributed by atoms with Crippen molar-refractivity contribution in [1.29, 1.82) is 0 Å². The van der Waals surface area contributed by atoms with Crippen LogP contribution in [0.2, 0.25) is 0 Å². The van der Waals surface area contributed by atoms with Crippen LogP contribution < -0.4 is 4.57 Å². The molecule has 230 valence electrons. The maximum absolute atomic E-state index is 4.41. The van der Waals surface area contributed by atoms with Gasteiger partial charge in [-0.05, 0) is 50.4 Å². The van der Waals surface area contributed by atoms with Crippen molar-refractivity contribution < 1.29 is 24.7 Å². The monoisotopic (exact) mass is 787 g/mol. The molecule has 0 spiro atoms. The average molecular weight is 787 g/mol. The normalized spacial score (nSPS) is 11.5. The SMILES string of the molecule is CC(C)[n+]1[c-]n(-c2[c-]cc3c(c2)c2cccc4c5ccccc5n3c24)c2ccccc21.Cc1c[c-]c(-c2cc(C)c(C)cn2)cc1.[Ir+3]. The number of fused-ring (bicyclic) bond motifs is 7. The molecule has 9 aromatic rings. The van der Waals surface area contributed by atoms with Crippen LogP contribution in [-0.2, 0) is 20.1 Å². The minimum atomic E-state index is 0. The van der Waals surface area contributed by atoms with Crippen LogP contribution in [0.5, 0.6) is 0 Å². The third-order valence-electron chi connectivity index (χ3n) is 9.10. The number of hydrogen-bond acceptors (Lipinski definition) is 1. The topological polar surface area (TPSA) is 26.1 Å². The summed E-state index contributed by atoms with van der Waals surface area (Å²) < 4.78 is 6.73. The predicted octanol–water partition coefficient (Wildman–Crippen LogP) is 9.72. The summed E-state index contributed by atoms with van der Waals surface area (Å²) in [6.45, 7) is 10.6. The Balaban J connectivity index is 0.000000186. The van der Waals surface area contributed by atoms with E-state index in [1.807, 2.05) is 12.3 Å². The standard InChI is InChI=1S/C28H20N3.C14H14N.Ir/c1-18(2)29-17-30(27-13-6-5-12-26(27)29)19-14-15-25-23(16-19)22-10-7-9-21-20-8-3-4-11-24(20)31(25)28(21)22;1-10-4-6-13(7-5-10)14-8-11(2)12(3)9-15-14;/h3-13,15-16,18H,1-2H3;4-6,8-9H,1-3H3;/q2*-1;+3. The van der Waals surface area contributed by atoms with Gasteiger partial charge in [-0.1, -0.05) is 90.4 Å². The van der Waals surface area contributed by atoms with Crippen molar-refractivity contribution >= 4 is 49.1 Å².